The number of aliphatic carboxylic acids is 1. The fourth-order valence-corrected chi connectivity index (χ4v) is 0.871. The Morgan fingerprint density at radius 1 is 1.60 bits per heavy atom. The molecule has 0 saturated heterocycles. The molecule has 0 aromatic carbocycles. The first-order valence-electron chi connectivity index (χ1n) is 4.38. The van der Waals surface area contributed by atoms with Crippen molar-refractivity contribution >= 4 is 11.9 Å². The number of nitrogens with zero attached hydrogens (tertiary/aromatic N) is 2. The van der Waals surface area contributed by atoms with Crippen LogP contribution in [0.15, 0.2) is 18.3 Å². The number of rotatable bonds is 4. The van der Waals surface area contributed by atoms with Gasteiger partial charge >= 0.3 is 5.97 Å². The lowest BCUT2D eigenvalue weighted by molar-refractivity contribution is -0.146. The lowest BCUT2D eigenvalue weighted by Crippen LogP contribution is -2.33. The molecule has 6 nitrogen and oxygen atoms in total. The number of carbonyl (C=O) groups is 2. The highest BCUT2D eigenvalue weighted by molar-refractivity contribution is 5.96. The number of carboxylic acids is 1. The van der Waals surface area contributed by atoms with Gasteiger partial charge in [-0.3, -0.25) is 9.59 Å². The lowest BCUT2D eigenvalue weighted by Gasteiger charge is -2.06. The van der Waals surface area contributed by atoms with Gasteiger partial charge in [-0.05, 0) is 19.1 Å². The maximum Gasteiger partial charge on any atom is 0.315 e. The SMILES string of the molecule is CC(C(=O)O)C(=O)NCc1cccnn1. The van der Waals surface area contributed by atoms with Crippen LogP contribution in [0, 0.1) is 5.92 Å². The van der Waals surface area contributed by atoms with E-state index < -0.39 is 17.8 Å². The molecule has 1 heterocycles. The lowest BCUT2D eigenvalue weighted by atomic mass is 10.2. The maximum absolute atomic E-state index is 11.2. The quantitative estimate of drug-likeness (QED) is 0.671. The molecule has 15 heavy (non-hydrogen) atoms. The summed E-state index contributed by atoms with van der Waals surface area (Å²) in [4.78, 5) is 21.7. The van der Waals surface area contributed by atoms with Crippen molar-refractivity contribution < 1.29 is 14.7 Å². The molecule has 0 radical (unpaired) electrons. The molecule has 6 heteroatoms. The Kier molecular flexibility index (Phi) is 3.73. The predicted octanol–water partition coefficient (Wildman–Crippen LogP) is -0.187. The Morgan fingerprint density at radius 3 is 2.87 bits per heavy atom. The van der Waals surface area contributed by atoms with Crippen molar-refractivity contribution in [1.29, 1.82) is 0 Å². The number of nitrogens with one attached hydrogen (secondary N) is 1. The number of hydrogen-bond acceptors (Lipinski definition) is 4. The predicted molar refractivity (Wildman–Crippen MR) is 50.7 cm³/mol. The Bertz CT molecular complexity index is 353. The summed E-state index contributed by atoms with van der Waals surface area (Å²) in [5.74, 6) is -2.73. The van der Waals surface area contributed by atoms with E-state index in [9.17, 15) is 9.59 Å². The molecule has 2 N–H and O–H groups in total. The van der Waals surface area contributed by atoms with Gasteiger partial charge in [-0.15, -0.1) is 0 Å². The van der Waals surface area contributed by atoms with Crippen LogP contribution < -0.4 is 5.32 Å². The topological polar surface area (TPSA) is 92.2 Å². The Morgan fingerprint density at radius 2 is 2.33 bits per heavy atom. The monoisotopic (exact) mass is 209 g/mol. The van der Waals surface area contributed by atoms with Crippen LogP contribution in [-0.2, 0) is 16.1 Å². The van der Waals surface area contributed by atoms with Crippen molar-refractivity contribution in [1.82, 2.24) is 15.5 Å². The van der Waals surface area contributed by atoms with Crippen molar-refractivity contribution in [3.63, 3.8) is 0 Å². The zero-order valence-corrected chi connectivity index (χ0v) is 8.17. The van der Waals surface area contributed by atoms with E-state index in [0.717, 1.165) is 0 Å². The van der Waals surface area contributed by atoms with E-state index >= 15 is 0 Å². The summed E-state index contributed by atoms with van der Waals surface area (Å²) in [7, 11) is 0. The average Bonchev–Trinajstić information content (AvgIpc) is 2.26. The van der Waals surface area contributed by atoms with E-state index in [4.69, 9.17) is 5.11 Å². The average molecular weight is 209 g/mol. The van der Waals surface area contributed by atoms with Crippen LogP contribution >= 0.6 is 0 Å². The van der Waals surface area contributed by atoms with Gasteiger partial charge in [-0.25, -0.2) is 0 Å². The molecule has 80 valence electrons. The van der Waals surface area contributed by atoms with Gasteiger partial charge in [0.2, 0.25) is 5.91 Å². The molecule has 0 spiro atoms. The number of amides is 1. The van der Waals surface area contributed by atoms with Crippen LogP contribution in [0.3, 0.4) is 0 Å². The maximum atomic E-state index is 11.2. The number of hydrogen-bond donors (Lipinski definition) is 2. The third-order valence-electron chi connectivity index (χ3n) is 1.83. The molecule has 0 saturated carbocycles. The molecule has 1 rings (SSSR count). The Labute approximate surface area is 86.3 Å². The minimum absolute atomic E-state index is 0.185. The van der Waals surface area contributed by atoms with Crippen LogP contribution in [0.25, 0.3) is 0 Å². The van der Waals surface area contributed by atoms with Gasteiger partial charge in [0.05, 0.1) is 12.2 Å². The van der Waals surface area contributed by atoms with Gasteiger partial charge in [-0.2, -0.15) is 10.2 Å². The smallest absolute Gasteiger partial charge is 0.315 e. The summed E-state index contributed by atoms with van der Waals surface area (Å²) in [6.45, 7) is 1.51. The van der Waals surface area contributed by atoms with E-state index in [1.165, 1.54) is 13.1 Å². The Hall–Kier alpha value is -1.98. The molecule has 0 aliphatic rings. The minimum Gasteiger partial charge on any atom is -0.481 e. The van der Waals surface area contributed by atoms with E-state index in [2.05, 4.69) is 15.5 Å². The molecule has 1 unspecified atom stereocenters. The zero-order chi connectivity index (χ0) is 11.3. The third kappa shape index (κ3) is 3.34. The van der Waals surface area contributed by atoms with E-state index in [0.29, 0.717) is 5.69 Å². The van der Waals surface area contributed by atoms with Gasteiger partial charge in [0.1, 0.15) is 5.92 Å². The number of carbonyl (C=O) groups excluding carboxylic acids is 1. The molecular weight excluding hydrogens is 198 g/mol. The van der Waals surface area contributed by atoms with Crippen LogP contribution in [0.1, 0.15) is 12.6 Å². The molecule has 0 aliphatic heterocycles. The first-order valence-corrected chi connectivity index (χ1v) is 4.38. The normalized spacial score (nSPS) is 11.8. The van der Waals surface area contributed by atoms with Crippen molar-refractivity contribution in [3.8, 4) is 0 Å². The first kappa shape index (κ1) is 11.1. The fourth-order valence-electron chi connectivity index (χ4n) is 0.871. The van der Waals surface area contributed by atoms with Gasteiger partial charge in [0.15, 0.2) is 0 Å². The van der Waals surface area contributed by atoms with Gasteiger partial charge < -0.3 is 10.4 Å². The summed E-state index contributed by atoms with van der Waals surface area (Å²) in [5, 5.41) is 18.4. The molecule has 1 aromatic rings. The highest BCUT2D eigenvalue weighted by Gasteiger charge is 2.19. The summed E-state index contributed by atoms with van der Waals surface area (Å²) < 4.78 is 0. The number of aromatic nitrogens is 2. The van der Waals surface area contributed by atoms with Crippen LogP contribution in [0.2, 0.25) is 0 Å². The van der Waals surface area contributed by atoms with Crippen LogP contribution in [-0.4, -0.2) is 27.2 Å². The van der Waals surface area contributed by atoms with E-state index in [1.807, 2.05) is 0 Å². The molecule has 1 amide bonds. The van der Waals surface area contributed by atoms with Crippen molar-refractivity contribution in [2.24, 2.45) is 5.92 Å². The van der Waals surface area contributed by atoms with Crippen molar-refractivity contribution in [2.75, 3.05) is 0 Å². The van der Waals surface area contributed by atoms with E-state index in [1.54, 1.807) is 12.1 Å². The Balaban J connectivity index is 2.44. The molecule has 1 atom stereocenters. The zero-order valence-electron chi connectivity index (χ0n) is 8.17. The molecule has 0 aliphatic carbocycles. The second-order valence-electron chi connectivity index (χ2n) is 2.99. The van der Waals surface area contributed by atoms with Gasteiger partial charge in [-0.1, -0.05) is 0 Å². The highest BCUT2D eigenvalue weighted by Crippen LogP contribution is 1.96. The summed E-state index contributed by atoms with van der Waals surface area (Å²) >= 11 is 0. The van der Waals surface area contributed by atoms with Gasteiger partial charge in [0.25, 0.3) is 0 Å². The third-order valence-corrected chi connectivity index (χ3v) is 1.83. The minimum atomic E-state index is -1.15. The highest BCUT2D eigenvalue weighted by atomic mass is 16.4. The second-order valence-corrected chi connectivity index (χ2v) is 2.99. The molecular formula is C9H11N3O3. The summed E-state index contributed by atoms with van der Waals surface area (Å²) in [5.41, 5.74) is 0.587. The number of carboxylic acid groups (broad SMARTS) is 1. The van der Waals surface area contributed by atoms with Crippen molar-refractivity contribution in [3.05, 3.63) is 24.0 Å². The standard InChI is InChI=1S/C9H11N3O3/c1-6(9(14)15)8(13)10-5-7-3-2-4-11-12-7/h2-4,6H,5H2,1H3,(H,10,13)(H,14,15). The second kappa shape index (κ2) is 5.04. The first-order chi connectivity index (χ1) is 7.11. The molecule has 1 aromatic heterocycles. The van der Waals surface area contributed by atoms with E-state index in [-0.39, 0.29) is 6.54 Å². The largest absolute Gasteiger partial charge is 0.481 e. The van der Waals surface area contributed by atoms with Gasteiger partial charge in [0, 0.05) is 6.20 Å². The van der Waals surface area contributed by atoms with Crippen molar-refractivity contribution in [2.45, 2.75) is 13.5 Å². The van der Waals surface area contributed by atoms with Crippen LogP contribution in [0.5, 0.6) is 0 Å². The molecule has 0 fully saturated rings. The summed E-state index contributed by atoms with van der Waals surface area (Å²) in [6, 6.07) is 3.38. The van der Waals surface area contributed by atoms with Crippen LogP contribution in [0.4, 0.5) is 0 Å². The summed E-state index contributed by atoms with van der Waals surface area (Å²) in [6.07, 6.45) is 1.52. The molecule has 0 bridgehead atoms. The fraction of sp³-hybridized carbons (Fsp3) is 0.333.